The Bertz CT molecular complexity index is 620. The molecule has 2 aromatic rings. The highest BCUT2D eigenvalue weighted by atomic mass is 79.9. The van der Waals surface area contributed by atoms with E-state index < -0.39 is 0 Å². The van der Waals surface area contributed by atoms with Crippen LogP contribution >= 0.6 is 31.9 Å². The number of nitrogens with one attached hydrogen (secondary N) is 1. The molecule has 0 atom stereocenters. The quantitative estimate of drug-likeness (QED) is 0.670. The molecule has 22 heavy (non-hydrogen) atoms. The van der Waals surface area contributed by atoms with Crippen LogP contribution in [0.3, 0.4) is 0 Å². The van der Waals surface area contributed by atoms with Crippen molar-refractivity contribution < 1.29 is 14.3 Å². The van der Waals surface area contributed by atoms with Crippen molar-refractivity contribution in [2.24, 2.45) is 0 Å². The minimum Gasteiger partial charge on any atom is -0.491 e. The third-order valence-corrected chi connectivity index (χ3v) is 3.83. The van der Waals surface area contributed by atoms with Gasteiger partial charge in [-0.05, 0) is 46.3 Å². The molecular weight excluding hydrogens is 414 g/mol. The molecule has 2 aromatic carbocycles. The monoisotopic (exact) mass is 427 g/mol. The van der Waals surface area contributed by atoms with Crippen LogP contribution in [0.2, 0.25) is 0 Å². The van der Waals surface area contributed by atoms with Crippen molar-refractivity contribution in [1.29, 1.82) is 0 Å². The first-order valence-electron chi connectivity index (χ1n) is 6.65. The van der Waals surface area contributed by atoms with E-state index in [-0.39, 0.29) is 12.5 Å². The summed E-state index contributed by atoms with van der Waals surface area (Å²) in [5.74, 6) is 0.581. The first-order chi connectivity index (χ1) is 10.6. The van der Waals surface area contributed by atoms with Gasteiger partial charge in [-0.15, -0.1) is 0 Å². The maximum absolute atomic E-state index is 11.8. The number of anilines is 1. The van der Waals surface area contributed by atoms with Crippen molar-refractivity contribution in [2.45, 2.75) is 0 Å². The highest BCUT2D eigenvalue weighted by molar-refractivity contribution is 9.11. The Morgan fingerprint density at radius 3 is 2.55 bits per heavy atom. The fraction of sp³-hybridized carbons (Fsp3) is 0.188. The van der Waals surface area contributed by atoms with E-state index in [0.29, 0.717) is 18.9 Å². The van der Waals surface area contributed by atoms with Gasteiger partial charge in [0.05, 0.1) is 12.3 Å². The number of halogens is 2. The number of hydrogen-bond acceptors (Lipinski definition) is 3. The van der Waals surface area contributed by atoms with Crippen LogP contribution < -0.4 is 10.1 Å². The molecule has 0 bridgehead atoms. The van der Waals surface area contributed by atoms with Gasteiger partial charge in [-0.25, -0.2) is 0 Å². The van der Waals surface area contributed by atoms with Crippen molar-refractivity contribution in [1.82, 2.24) is 0 Å². The second-order valence-corrected chi connectivity index (χ2v) is 6.16. The summed E-state index contributed by atoms with van der Waals surface area (Å²) in [4.78, 5) is 11.8. The maximum Gasteiger partial charge on any atom is 0.250 e. The Hall–Kier alpha value is -1.37. The summed E-state index contributed by atoms with van der Waals surface area (Å²) in [7, 11) is 0. The van der Waals surface area contributed by atoms with E-state index in [4.69, 9.17) is 9.47 Å². The number of hydrogen-bond donors (Lipinski definition) is 1. The number of amides is 1. The fourth-order valence-corrected chi connectivity index (χ4v) is 2.82. The first-order valence-corrected chi connectivity index (χ1v) is 8.24. The highest BCUT2D eigenvalue weighted by Gasteiger charge is 2.06. The summed E-state index contributed by atoms with van der Waals surface area (Å²) in [6.45, 7) is 0.740. The van der Waals surface area contributed by atoms with E-state index in [1.807, 2.05) is 48.5 Å². The Labute approximate surface area is 146 Å². The third kappa shape index (κ3) is 5.79. The zero-order valence-corrected chi connectivity index (χ0v) is 14.9. The summed E-state index contributed by atoms with van der Waals surface area (Å²) < 4.78 is 12.5. The molecule has 0 spiro atoms. The van der Waals surface area contributed by atoms with Gasteiger partial charge in [-0.2, -0.15) is 0 Å². The summed E-state index contributed by atoms with van der Waals surface area (Å²) in [6, 6.07) is 15.0. The van der Waals surface area contributed by atoms with E-state index in [0.717, 1.165) is 14.7 Å². The zero-order chi connectivity index (χ0) is 15.8. The topological polar surface area (TPSA) is 47.6 Å². The zero-order valence-electron chi connectivity index (χ0n) is 11.7. The number of ether oxygens (including phenoxy) is 2. The number of carbonyl (C=O) groups excluding carboxylic acids is 1. The van der Waals surface area contributed by atoms with E-state index in [1.54, 1.807) is 0 Å². The van der Waals surface area contributed by atoms with Crippen LogP contribution in [-0.2, 0) is 9.53 Å². The first kappa shape index (κ1) is 17.0. The molecule has 0 saturated carbocycles. The number of carbonyl (C=O) groups is 1. The third-order valence-electron chi connectivity index (χ3n) is 2.68. The molecule has 1 amide bonds. The van der Waals surface area contributed by atoms with Gasteiger partial charge in [-0.3, -0.25) is 4.79 Å². The SMILES string of the molecule is O=C(COCCOc1ccccc1)Nc1ccc(Br)cc1Br. The molecule has 0 saturated heterocycles. The van der Waals surface area contributed by atoms with Gasteiger partial charge in [0.1, 0.15) is 19.0 Å². The molecule has 0 radical (unpaired) electrons. The van der Waals surface area contributed by atoms with E-state index in [9.17, 15) is 4.79 Å². The van der Waals surface area contributed by atoms with E-state index >= 15 is 0 Å². The Morgan fingerprint density at radius 2 is 1.82 bits per heavy atom. The predicted octanol–water partition coefficient (Wildman–Crippen LogP) is 4.25. The van der Waals surface area contributed by atoms with Crippen LogP contribution in [0, 0.1) is 0 Å². The van der Waals surface area contributed by atoms with Crippen LogP contribution in [0.15, 0.2) is 57.5 Å². The van der Waals surface area contributed by atoms with Crippen LogP contribution in [-0.4, -0.2) is 25.7 Å². The van der Waals surface area contributed by atoms with Crippen LogP contribution in [0.1, 0.15) is 0 Å². The molecule has 0 aliphatic carbocycles. The van der Waals surface area contributed by atoms with Gasteiger partial charge < -0.3 is 14.8 Å². The van der Waals surface area contributed by atoms with Gasteiger partial charge in [0.25, 0.3) is 0 Å². The van der Waals surface area contributed by atoms with Gasteiger partial charge in [0.2, 0.25) is 5.91 Å². The van der Waals surface area contributed by atoms with Crippen molar-refractivity contribution >= 4 is 43.5 Å². The summed E-state index contributed by atoms with van der Waals surface area (Å²) >= 11 is 6.75. The largest absolute Gasteiger partial charge is 0.491 e. The minimum absolute atomic E-state index is 0.0132. The van der Waals surface area contributed by atoms with Crippen molar-refractivity contribution in [3.8, 4) is 5.75 Å². The van der Waals surface area contributed by atoms with Crippen LogP contribution in [0.4, 0.5) is 5.69 Å². The summed E-state index contributed by atoms with van der Waals surface area (Å²) in [5.41, 5.74) is 0.706. The molecule has 6 heteroatoms. The minimum atomic E-state index is -0.206. The Kier molecular flexibility index (Phi) is 6.89. The lowest BCUT2D eigenvalue weighted by Crippen LogP contribution is -2.20. The van der Waals surface area contributed by atoms with E-state index in [2.05, 4.69) is 37.2 Å². The molecular formula is C16H15Br2NO3. The normalized spacial score (nSPS) is 10.3. The number of para-hydroxylation sites is 1. The van der Waals surface area contributed by atoms with Crippen molar-refractivity contribution in [2.75, 3.05) is 25.1 Å². The molecule has 2 rings (SSSR count). The molecule has 0 heterocycles. The molecule has 116 valence electrons. The van der Waals surface area contributed by atoms with Crippen LogP contribution in [0.25, 0.3) is 0 Å². The lowest BCUT2D eigenvalue weighted by Gasteiger charge is -2.09. The van der Waals surface area contributed by atoms with Crippen molar-refractivity contribution in [3.63, 3.8) is 0 Å². The molecule has 0 fully saturated rings. The number of benzene rings is 2. The second-order valence-electron chi connectivity index (χ2n) is 4.39. The average Bonchev–Trinajstić information content (AvgIpc) is 2.51. The molecule has 4 nitrogen and oxygen atoms in total. The summed E-state index contributed by atoms with van der Waals surface area (Å²) in [5, 5.41) is 2.77. The van der Waals surface area contributed by atoms with Crippen LogP contribution in [0.5, 0.6) is 5.75 Å². The maximum atomic E-state index is 11.8. The average molecular weight is 429 g/mol. The molecule has 1 N–H and O–H groups in total. The highest BCUT2D eigenvalue weighted by Crippen LogP contribution is 2.25. The lowest BCUT2D eigenvalue weighted by molar-refractivity contribution is -0.120. The van der Waals surface area contributed by atoms with Gasteiger partial charge in [0.15, 0.2) is 0 Å². The summed E-state index contributed by atoms with van der Waals surface area (Å²) in [6.07, 6.45) is 0. The lowest BCUT2D eigenvalue weighted by atomic mass is 10.3. The van der Waals surface area contributed by atoms with Gasteiger partial charge in [-0.1, -0.05) is 34.1 Å². The van der Waals surface area contributed by atoms with Gasteiger partial charge in [0, 0.05) is 8.95 Å². The van der Waals surface area contributed by atoms with Gasteiger partial charge >= 0.3 is 0 Å². The molecule has 0 aliphatic heterocycles. The standard InChI is InChI=1S/C16H15Br2NO3/c17-12-6-7-15(14(18)10-12)19-16(20)11-21-8-9-22-13-4-2-1-3-5-13/h1-7,10H,8-9,11H2,(H,19,20). The predicted molar refractivity (Wildman–Crippen MR) is 93.2 cm³/mol. The Balaban J connectivity index is 1.65. The molecule has 0 aromatic heterocycles. The fourth-order valence-electron chi connectivity index (χ4n) is 1.68. The smallest absolute Gasteiger partial charge is 0.250 e. The second kappa shape index (κ2) is 8.92. The number of rotatable bonds is 7. The molecule has 0 aliphatic rings. The Morgan fingerprint density at radius 1 is 1.05 bits per heavy atom. The van der Waals surface area contributed by atoms with E-state index in [1.165, 1.54) is 0 Å². The molecule has 0 unspecified atom stereocenters. The van der Waals surface area contributed by atoms with Crippen molar-refractivity contribution in [3.05, 3.63) is 57.5 Å².